The summed E-state index contributed by atoms with van der Waals surface area (Å²) in [4.78, 5) is 0. The van der Waals surface area contributed by atoms with Crippen molar-refractivity contribution in [2.75, 3.05) is 0 Å². The first kappa shape index (κ1) is 33.9. The molecule has 0 aromatic rings. The first-order valence-corrected chi connectivity index (χ1v) is 9.35. The predicted octanol–water partition coefficient (Wildman–Crippen LogP) is 9.32. The molecule has 0 aliphatic heterocycles. The van der Waals surface area contributed by atoms with Crippen molar-refractivity contribution >= 4 is 0 Å². The molecule has 23 heavy (non-hydrogen) atoms. The molecule has 0 nitrogen and oxygen atoms in total. The van der Waals surface area contributed by atoms with E-state index < -0.39 is 0 Å². The van der Waals surface area contributed by atoms with Crippen LogP contribution in [0.4, 0.5) is 0 Å². The van der Waals surface area contributed by atoms with Crippen molar-refractivity contribution in [3.05, 3.63) is 24.3 Å². The van der Waals surface area contributed by atoms with Crippen LogP contribution in [0.15, 0.2) is 24.3 Å². The fourth-order valence-electron chi connectivity index (χ4n) is 1.68. The fraction of sp³-hybridized carbons (Fsp3) is 0.826. The minimum Gasteiger partial charge on any atom is -0.100 e. The molecule has 0 amide bonds. The van der Waals surface area contributed by atoms with Gasteiger partial charge in [-0.15, -0.1) is 13.2 Å². The van der Waals surface area contributed by atoms with E-state index in [4.69, 9.17) is 0 Å². The highest BCUT2D eigenvalue weighted by molar-refractivity contribution is 4.88. The molecule has 0 bridgehead atoms. The maximum atomic E-state index is 3.80. The van der Waals surface area contributed by atoms with Gasteiger partial charge in [-0.2, -0.15) is 0 Å². The van der Waals surface area contributed by atoms with Crippen LogP contribution >= 0.6 is 0 Å². The monoisotopic (exact) mass is 328 g/mol. The van der Waals surface area contributed by atoms with Gasteiger partial charge in [-0.3, -0.25) is 0 Å². The Morgan fingerprint density at radius 3 is 0.913 bits per heavy atom. The van der Waals surface area contributed by atoms with Crippen molar-refractivity contribution in [1.82, 2.24) is 0 Å². The van der Waals surface area contributed by atoms with Gasteiger partial charge in [0.05, 0.1) is 0 Å². The first-order valence-electron chi connectivity index (χ1n) is 9.35. The minimum absolute atomic E-state index is 0. The summed E-state index contributed by atoms with van der Waals surface area (Å²) < 4.78 is 0. The topological polar surface area (TPSA) is 0 Å². The molecule has 0 spiro atoms. The van der Waals surface area contributed by atoms with Crippen molar-refractivity contribution in [3.8, 4) is 0 Å². The molecular weight excluding hydrogens is 276 g/mol. The van der Waals surface area contributed by atoms with Gasteiger partial charge in [-0.1, -0.05) is 93.7 Å². The van der Waals surface area contributed by atoms with Crippen LogP contribution in [0.2, 0.25) is 0 Å². The zero-order valence-electron chi connectivity index (χ0n) is 18.0. The Labute approximate surface area is 151 Å². The summed E-state index contributed by atoms with van der Waals surface area (Å²) >= 11 is 0. The molecule has 0 heterocycles. The van der Waals surface area contributed by atoms with Gasteiger partial charge in [0, 0.05) is 0 Å². The van der Waals surface area contributed by atoms with E-state index in [0.717, 1.165) is 17.8 Å². The highest BCUT2D eigenvalue weighted by Crippen LogP contribution is 2.06. The van der Waals surface area contributed by atoms with Gasteiger partial charge in [0.25, 0.3) is 0 Å². The smallest absolute Gasteiger partial charge is 0.0303 e. The summed E-state index contributed by atoms with van der Waals surface area (Å²) in [5.41, 5.74) is 2.57. The average molecular weight is 329 g/mol. The molecule has 0 atom stereocenters. The Kier molecular flexibility index (Phi) is 38.9. The van der Waals surface area contributed by atoms with Gasteiger partial charge in [0.15, 0.2) is 0 Å². The molecule has 144 valence electrons. The van der Waals surface area contributed by atoms with Gasteiger partial charge in [0.1, 0.15) is 0 Å². The lowest BCUT2D eigenvalue weighted by Crippen LogP contribution is -1.85. The van der Waals surface area contributed by atoms with Crippen LogP contribution in [0, 0.1) is 17.8 Å². The maximum absolute atomic E-state index is 3.80. The molecule has 0 aromatic heterocycles. The predicted molar refractivity (Wildman–Crippen MR) is 116 cm³/mol. The van der Waals surface area contributed by atoms with Crippen molar-refractivity contribution < 1.29 is 0 Å². The highest BCUT2D eigenvalue weighted by atomic mass is 14.0. The Hall–Kier alpha value is -0.520. The molecule has 0 radical (unpaired) electrons. The third kappa shape index (κ3) is 61.8. The quantitative estimate of drug-likeness (QED) is 0.426. The van der Waals surface area contributed by atoms with Crippen LogP contribution in [0.1, 0.15) is 109 Å². The van der Waals surface area contributed by atoms with E-state index in [9.17, 15) is 0 Å². The van der Waals surface area contributed by atoms with E-state index in [2.05, 4.69) is 75.5 Å². The number of hydrogen-bond donors (Lipinski definition) is 0. The van der Waals surface area contributed by atoms with E-state index in [-0.39, 0.29) is 7.43 Å². The second-order valence-corrected chi connectivity index (χ2v) is 7.03. The molecule has 0 heteroatoms. The maximum Gasteiger partial charge on any atom is -0.0303 e. The molecule has 0 N–H and O–H groups in total. The van der Waals surface area contributed by atoms with Crippen molar-refractivity contribution in [2.24, 2.45) is 17.8 Å². The van der Waals surface area contributed by atoms with Crippen molar-refractivity contribution in [3.63, 3.8) is 0 Å². The Morgan fingerprint density at radius 2 is 0.913 bits per heavy atom. The Bertz CT molecular complexity index is 196. The van der Waals surface area contributed by atoms with Gasteiger partial charge < -0.3 is 0 Å². The third-order valence-electron chi connectivity index (χ3n) is 2.91. The number of hydrogen-bond acceptors (Lipinski definition) is 0. The summed E-state index contributed by atoms with van der Waals surface area (Å²) in [6, 6.07) is 0. The molecule has 0 rings (SSSR count). The Morgan fingerprint density at radius 1 is 0.696 bits per heavy atom. The lowest BCUT2D eigenvalue weighted by Gasteiger charge is -2.00. The summed E-state index contributed by atoms with van der Waals surface area (Å²) in [6.45, 7) is 31.3. The van der Waals surface area contributed by atoms with E-state index in [1.54, 1.807) is 0 Å². The molecular formula is C23H52. The normalized spacial score (nSPS) is 8.78. The second-order valence-electron chi connectivity index (χ2n) is 7.03. The van der Waals surface area contributed by atoms with Crippen molar-refractivity contribution in [1.29, 1.82) is 0 Å². The van der Waals surface area contributed by atoms with E-state index in [1.807, 2.05) is 13.8 Å². The summed E-state index contributed by atoms with van der Waals surface area (Å²) in [5, 5.41) is 0. The highest BCUT2D eigenvalue weighted by Gasteiger charge is 1.90. The van der Waals surface area contributed by atoms with Gasteiger partial charge in [-0.05, 0) is 44.4 Å². The minimum atomic E-state index is 0. The Balaban J connectivity index is -0.0000000655. The van der Waals surface area contributed by atoms with Crippen LogP contribution in [-0.2, 0) is 0 Å². The fourth-order valence-corrected chi connectivity index (χ4v) is 1.68. The molecule has 0 unspecified atom stereocenters. The zero-order chi connectivity index (χ0) is 18.7. The van der Waals surface area contributed by atoms with E-state index in [1.165, 1.54) is 36.8 Å². The molecule has 0 saturated carbocycles. The van der Waals surface area contributed by atoms with Crippen LogP contribution < -0.4 is 0 Å². The number of allylic oxidation sites excluding steroid dienone is 2. The lowest BCUT2D eigenvalue weighted by atomic mass is 10.1. The summed E-state index contributed by atoms with van der Waals surface area (Å²) in [6.07, 6.45) is 4.99. The zero-order valence-corrected chi connectivity index (χ0v) is 18.0. The molecule has 0 fully saturated rings. The van der Waals surface area contributed by atoms with E-state index in [0.29, 0.717) is 0 Å². The largest absolute Gasteiger partial charge is 0.100 e. The summed E-state index contributed by atoms with van der Waals surface area (Å²) in [5.74, 6) is 2.49. The third-order valence-corrected chi connectivity index (χ3v) is 2.91. The van der Waals surface area contributed by atoms with Gasteiger partial charge in [-0.25, -0.2) is 0 Å². The second kappa shape index (κ2) is 26.4. The van der Waals surface area contributed by atoms with Gasteiger partial charge >= 0.3 is 0 Å². The van der Waals surface area contributed by atoms with Gasteiger partial charge in [0.2, 0.25) is 0 Å². The average Bonchev–Trinajstić information content (AvgIpc) is 2.38. The molecule has 0 aliphatic carbocycles. The van der Waals surface area contributed by atoms with Crippen LogP contribution in [0.3, 0.4) is 0 Å². The SMILES string of the molecule is C.C=C(C)CC(C)C.C=C(C)CC(C)C.CC.CCC(C)CC. The van der Waals surface area contributed by atoms with Crippen LogP contribution in [0.5, 0.6) is 0 Å². The van der Waals surface area contributed by atoms with Crippen LogP contribution in [-0.4, -0.2) is 0 Å². The number of rotatable bonds is 6. The molecule has 0 aromatic carbocycles. The molecule has 0 saturated heterocycles. The lowest BCUT2D eigenvalue weighted by molar-refractivity contribution is 0.544. The van der Waals surface area contributed by atoms with E-state index >= 15 is 0 Å². The summed E-state index contributed by atoms with van der Waals surface area (Å²) in [7, 11) is 0. The van der Waals surface area contributed by atoms with Crippen LogP contribution in [0.25, 0.3) is 0 Å². The standard InChI is InChI=1S/2C7H14.C6H14.C2H6.CH4/c2*1-6(2)5-7(3)4;1-4-6(3)5-2;1-2;/h2*7H,1,5H2,2-4H3;6H,4-5H2,1-3H3;1-2H3;1H4. The molecule has 0 aliphatic rings. The van der Waals surface area contributed by atoms with Crippen molar-refractivity contribution in [2.45, 2.75) is 109 Å². The first-order chi connectivity index (χ1) is 10.1.